The van der Waals surface area contributed by atoms with Crippen molar-refractivity contribution in [2.45, 2.75) is 0 Å². The van der Waals surface area contributed by atoms with E-state index in [0.29, 0.717) is 0 Å². The Morgan fingerprint density at radius 3 is 0.955 bits per heavy atom. The van der Waals surface area contributed by atoms with Crippen molar-refractivity contribution in [2.24, 2.45) is 0 Å². The molecule has 0 radical (unpaired) electrons. The van der Waals surface area contributed by atoms with Gasteiger partial charge >= 0.3 is 0 Å². The molecule has 0 spiro atoms. The van der Waals surface area contributed by atoms with Gasteiger partial charge in [0, 0.05) is 0 Å². The second-order valence-corrected chi connectivity index (χ2v) is 7.47. The van der Waals surface area contributed by atoms with Crippen molar-refractivity contribution >= 4 is 47.0 Å². The summed E-state index contributed by atoms with van der Waals surface area (Å²) in [6.07, 6.45) is 0. The molecule has 3 aromatic rings. The van der Waals surface area contributed by atoms with Crippen LogP contribution in [0, 0.1) is 0 Å². The van der Waals surface area contributed by atoms with Crippen molar-refractivity contribution in [1.29, 1.82) is 0 Å². The highest BCUT2D eigenvalue weighted by atomic mass is 35.5. The van der Waals surface area contributed by atoms with Crippen LogP contribution in [-0.2, 0) is 0 Å². The van der Waals surface area contributed by atoms with E-state index in [4.69, 9.17) is 23.2 Å². The van der Waals surface area contributed by atoms with Crippen LogP contribution in [-0.4, -0.2) is 5.34 Å². The zero-order valence-electron chi connectivity index (χ0n) is 12.1. The van der Waals surface area contributed by atoms with Gasteiger partial charge in [-0.25, -0.2) is 0 Å². The van der Waals surface area contributed by atoms with Gasteiger partial charge < -0.3 is 0 Å². The van der Waals surface area contributed by atoms with Crippen LogP contribution in [0.5, 0.6) is 0 Å². The minimum atomic E-state index is -0.446. The van der Waals surface area contributed by atoms with E-state index in [9.17, 15) is 0 Å². The second kappa shape index (κ2) is 9.64. The maximum atomic E-state index is 4.76. The van der Waals surface area contributed by atoms with Crippen LogP contribution in [0.1, 0.15) is 0 Å². The SMILES string of the molecule is ClCCl.c1ccc(P(c2ccccc2)c2ccccc2)cc1. The average molecular weight is 347 g/mol. The molecule has 0 unspecified atom stereocenters. The Morgan fingerprint density at radius 1 is 0.500 bits per heavy atom. The Morgan fingerprint density at radius 2 is 0.727 bits per heavy atom. The van der Waals surface area contributed by atoms with Crippen LogP contribution < -0.4 is 15.9 Å². The molecule has 0 aliphatic heterocycles. The predicted octanol–water partition coefficient (Wildman–Crippen LogP) is 4.87. The van der Waals surface area contributed by atoms with E-state index in [1.54, 1.807) is 0 Å². The van der Waals surface area contributed by atoms with Crippen LogP contribution in [0.15, 0.2) is 91.0 Å². The molecule has 112 valence electrons. The van der Waals surface area contributed by atoms with Crippen molar-refractivity contribution < 1.29 is 0 Å². The highest BCUT2D eigenvalue weighted by molar-refractivity contribution is 7.79. The molecule has 0 bridgehead atoms. The molecule has 0 aliphatic carbocycles. The van der Waals surface area contributed by atoms with E-state index in [-0.39, 0.29) is 5.34 Å². The largest absolute Gasteiger partial charge is 0.109 e. The first-order chi connectivity index (χ1) is 10.9. The molecule has 3 rings (SSSR count). The lowest BCUT2D eigenvalue weighted by Gasteiger charge is -2.18. The van der Waals surface area contributed by atoms with Crippen molar-refractivity contribution in [2.75, 3.05) is 5.34 Å². The van der Waals surface area contributed by atoms with E-state index in [2.05, 4.69) is 91.0 Å². The third-order valence-corrected chi connectivity index (χ3v) is 5.49. The monoisotopic (exact) mass is 346 g/mol. The van der Waals surface area contributed by atoms with E-state index in [1.807, 2.05) is 0 Å². The fourth-order valence-corrected chi connectivity index (χ4v) is 4.48. The fraction of sp³-hybridized carbons (Fsp3) is 0.0526. The van der Waals surface area contributed by atoms with Crippen LogP contribution >= 0.6 is 31.1 Å². The number of halogens is 2. The zero-order chi connectivity index (χ0) is 15.6. The topological polar surface area (TPSA) is 0 Å². The Hall–Kier alpha value is -1.33. The minimum Gasteiger partial charge on any atom is -0.109 e. The summed E-state index contributed by atoms with van der Waals surface area (Å²) in [5.41, 5.74) is 0. The Kier molecular flexibility index (Phi) is 7.46. The van der Waals surface area contributed by atoms with Gasteiger partial charge in [-0.05, 0) is 23.8 Å². The van der Waals surface area contributed by atoms with Gasteiger partial charge in [0.05, 0.1) is 5.34 Å². The Balaban J connectivity index is 0.000000545. The smallest absolute Gasteiger partial charge is 0.0967 e. The molecule has 3 aromatic carbocycles. The first-order valence-corrected chi connectivity index (χ1v) is 9.35. The summed E-state index contributed by atoms with van der Waals surface area (Å²) in [5, 5.41) is 4.39. The maximum Gasteiger partial charge on any atom is 0.0967 e. The maximum absolute atomic E-state index is 4.76. The molecule has 0 nitrogen and oxygen atoms in total. The molecule has 0 aromatic heterocycles. The average Bonchev–Trinajstić information content (AvgIpc) is 2.59. The lowest BCUT2D eigenvalue weighted by atomic mass is 10.4. The Labute approximate surface area is 143 Å². The van der Waals surface area contributed by atoms with Crippen molar-refractivity contribution in [3.8, 4) is 0 Å². The molecule has 0 saturated carbocycles. The number of hydrogen-bond donors (Lipinski definition) is 0. The van der Waals surface area contributed by atoms with Gasteiger partial charge in [-0.1, -0.05) is 91.0 Å². The van der Waals surface area contributed by atoms with Crippen LogP contribution in [0.3, 0.4) is 0 Å². The summed E-state index contributed by atoms with van der Waals surface area (Å²) in [7, 11) is -0.446. The summed E-state index contributed by atoms with van der Waals surface area (Å²) < 4.78 is 0. The van der Waals surface area contributed by atoms with Crippen molar-refractivity contribution in [1.82, 2.24) is 0 Å². The lowest BCUT2D eigenvalue weighted by molar-refractivity contribution is 1.74. The molecule has 0 saturated heterocycles. The van der Waals surface area contributed by atoms with Gasteiger partial charge in [0.2, 0.25) is 0 Å². The van der Waals surface area contributed by atoms with Gasteiger partial charge in [0.1, 0.15) is 0 Å². The number of rotatable bonds is 3. The molecular weight excluding hydrogens is 330 g/mol. The molecule has 0 N–H and O–H groups in total. The first-order valence-electron chi connectivity index (χ1n) is 6.94. The number of benzene rings is 3. The number of alkyl halides is 2. The molecule has 0 heterocycles. The molecule has 3 heteroatoms. The minimum absolute atomic E-state index is 0.194. The molecular formula is C19H17Cl2P. The van der Waals surface area contributed by atoms with Crippen molar-refractivity contribution in [3.63, 3.8) is 0 Å². The number of hydrogen-bond acceptors (Lipinski definition) is 0. The second-order valence-electron chi connectivity index (χ2n) is 4.44. The predicted molar refractivity (Wildman–Crippen MR) is 102 cm³/mol. The first kappa shape index (κ1) is 17.0. The highest BCUT2D eigenvalue weighted by Gasteiger charge is 2.14. The summed E-state index contributed by atoms with van der Waals surface area (Å²) >= 11 is 9.53. The van der Waals surface area contributed by atoms with E-state index in [0.717, 1.165) is 0 Å². The fourth-order valence-electron chi connectivity index (χ4n) is 2.18. The van der Waals surface area contributed by atoms with Gasteiger partial charge in [-0.3, -0.25) is 0 Å². The van der Waals surface area contributed by atoms with E-state index in [1.165, 1.54) is 15.9 Å². The van der Waals surface area contributed by atoms with E-state index < -0.39 is 7.92 Å². The lowest BCUT2D eigenvalue weighted by Crippen LogP contribution is -2.20. The highest BCUT2D eigenvalue weighted by Crippen LogP contribution is 2.32. The molecule has 0 aliphatic rings. The zero-order valence-corrected chi connectivity index (χ0v) is 14.5. The summed E-state index contributed by atoms with van der Waals surface area (Å²) in [6, 6.07) is 32.3. The molecule has 0 amide bonds. The molecule has 0 atom stereocenters. The quantitative estimate of drug-likeness (QED) is 0.469. The summed E-state index contributed by atoms with van der Waals surface area (Å²) in [6.45, 7) is 0. The van der Waals surface area contributed by atoms with Crippen LogP contribution in [0.25, 0.3) is 0 Å². The van der Waals surface area contributed by atoms with Gasteiger partial charge in [-0.2, -0.15) is 0 Å². The third-order valence-electron chi connectivity index (χ3n) is 3.04. The molecule has 0 fully saturated rings. The van der Waals surface area contributed by atoms with Crippen LogP contribution in [0.2, 0.25) is 0 Å². The molecule has 22 heavy (non-hydrogen) atoms. The summed E-state index contributed by atoms with van der Waals surface area (Å²) in [5.74, 6) is 0. The normalized spacial score (nSPS) is 9.95. The summed E-state index contributed by atoms with van der Waals surface area (Å²) in [4.78, 5) is 0. The van der Waals surface area contributed by atoms with Gasteiger partial charge in [0.25, 0.3) is 0 Å². The van der Waals surface area contributed by atoms with Gasteiger partial charge in [-0.15, -0.1) is 23.2 Å². The third kappa shape index (κ3) is 4.85. The Bertz CT molecular complexity index is 548. The van der Waals surface area contributed by atoms with Gasteiger partial charge in [0.15, 0.2) is 0 Å². The van der Waals surface area contributed by atoms with Crippen LogP contribution in [0.4, 0.5) is 0 Å². The standard InChI is InChI=1S/C18H15P.CH2Cl2/c1-4-10-16(11-5-1)19(17-12-6-2-7-13-17)18-14-8-3-9-15-18;2-1-3/h1-15H;1H2. The van der Waals surface area contributed by atoms with Crippen molar-refractivity contribution in [3.05, 3.63) is 91.0 Å². The van der Waals surface area contributed by atoms with E-state index >= 15 is 0 Å².